The van der Waals surface area contributed by atoms with Gasteiger partial charge in [0.2, 0.25) is 0 Å². The Kier molecular flexibility index (Phi) is 5.54. The van der Waals surface area contributed by atoms with Crippen molar-refractivity contribution in [3.05, 3.63) is 28.5 Å². The monoisotopic (exact) mass is 317 g/mol. The van der Waals surface area contributed by atoms with E-state index in [1.54, 1.807) is 27.7 Å². The Labute approximate surface area is 127 Å². The molecule has 0 aromatic heterocycles. The van der Waals surface area contributed by atoms with Crippen LogP contribution < -0.4 is 10.1 Å². The van der Waals surface area contributed by atoms with Gasteiger partial charge in [-0.3, -0.25) is 4.79 Å². The summed E-state index contributed by atoms with van der Waals surface area (Å²) in [6.07, 6.45) is -1.06. The van der Waals surface area contributed by atoms with Crippen molar-refractivity contribution in [2.45, 2.75) is 33.3 Å². The molecule has 0 aliphatic heterocycles. The van der Waals surface area contributed by atoms with Crippen molar-refractivity contribution in [2.24, 2.45) is 0 Å². The van der Waals surface area contributed by atoms with Crippen LogP contribution in [0.5, 0.6) is 5.75 Å². The first-order valence-electron chi connectivity index (χ1n) is 6.32. The fraction of sp³-hybridized carbons (Fsp3) is 0.429. The number of nitrogens with one attached hydrogen (secondary N) is 1. The van der Waals surface area contributed by atoms with Crippen molar-refractivity contribution in [1.29, 1.82) is 0 Å². The van der Waals surface area contributed by atoms with E-state index < -0.39 is 29.2 Å². The van der Waals surface area contributed by atoms with Crippen molar-refractivity contribution in [3.8, 4) is 5.75 Å². The van der Waals surface area contributed by atoms with Gasteiger partial charge in [0.15, 0.2) is 11.6 Å². The summed E-state index contributed by atoms with van der Waals surface area (Å²) in [6, 6.07) is 2.43. The van der Waals surface area contributed by atoms with Gasteiger partial charge in [-0.25, -0.2) is 9.18 Å². The van der Waals surface area contributed by atoms with E-state index in [4.69, 9.17) is 21.1 Å². The number of hydrogen-bond donors (Lipinski definition) is 1. The number of benzene rings is 1. The van der Waals surface area contributed by atoms with Gasteiger partial charge >= 0.3 is 6.16 Å². The standard InChI is InChI=1S/C14H17ClFNO4/c1-5-17-12(18)10-8(15)6-7-9(11(10)16)20-13(19)21-14(2,3)4/h6-7H,5H2,1-4H3,(H,17,18). The molecule has 1 amide bonds. The van der Waals surface area contributed by atoms with Crippen LogP contribution >= 0.6 is 11.6 Å². The highest BCUT2D eigenvalue weighted by molar-refractivity contribution is 6.34. The normalized spacial score (nSPS) is 11.0. The van der Waals surface area contributed by atoms with Gasteiger partial charge in [-0.15, -0.1) is 0 Å². The molecule has 0 bridgehead atoms. The first kappa shape index (κ1) is 17.2. The average Bonchev–Trinajstić information content (AvgIpc) is 2.31. The van der Waals surface area contributed by atoms with Crippen molar-refractivity contribution in [3.63, 3.8) is 0 Å². The fourth-order valence-corrected chi connectivity index (χ4v) is 1.66. The van der Waals surface area contributed by atoms with Gasteiger partial charge in [0, 0.05) is 6.54 Å². The van der Waals surface area contributed by atoms with Crippen LogP contribution in [-0.4, -0.2) is 24.2 Å². The maximum atomic E-state index is 14.2. The Hall–Kier alpha value is -1.82. The van der Waals surface area contributed by atoms with E-state index in [9.17, 15) is 14.0 Å². The predicted octanol–water partition coefficient (Wildman–Crippen LogP) is 3.54. The van der Waals surface area contributed by atoms with Crippen LogP contribution in [0.25, 0.3) is 0 Å². The maximum Gasteiger partial charge on any atom is 0.514 e. The minimum Gasteiger partial charge on any atom is -0.428 e. The largest absolute Gasteiger partial charge is 0.514 e. The topological polar surface area (TPSA) is 64.6 Å². The quantitative estimate of drug-likeness (QED) is 0.684. The van der Waals surface area contributed by atoms with Gasteiger partial charge in [-0.05, 0) is 39.8 Å². The third kappa shape index (κ3) is 4.90. The summed E-state index contributed by atoms with van der Waals surface area (Å²) in [7, 11) is 0. The van der Waals surface area contributed by atoms with Crippen molar-refractivity contribution in [2.75, 3.05) is 6.54 Å². The van der Waals surface area contributed by atoms with Gasteiger partial charge < -0.3 is 14.8 Å². The first-order chi connectivity index (χ1) is 9.65. The van der Waals surface area contributed by atoms with Gasteiger partial charge in [0.25, 0.3) is 5.91 Å². The minimum atomic E-state index is -1.06. The lowest BCUT2D eigenvalue weighted by molar-refractivity contribution is 0.0197. The molecular weight excluding hydrogens is 301 g/mol. The number of ether oxygens (including phenoxy) is 2. The molecule has 1 N–H and O–H groups in total. The molecule has 0 unspecified atom stereocenters. The second kappa shape index (κ2) is 6.76. The highest BCUT2D eigenvalue weighted by atomic mass is 35.5. The lowest BCUT2D eigenvalue weighted by atomic mass is 10.2. The predicted molar refractivity (Wildman–Crippen MR) is 76.3 cm³/mol. The van der Waals surface area contributed by atoms with Crippen molar-refractivity contribution in [1.82, 2.24) is 5.32 Å². The van der Waals surface area contributed by atoms with Gasteiger partial charge in [-0.2, -0.15) is 0 Å². The smallest absolute Gasteiger partial charge is 0.428 e. The number of hydrogen-bond acceptors (Lipinski definition) is 4. The molecule has 5 nitrogen and oxygen atoms in total. The van der Waals surface area contributed by atoms with Crippen LogP contribution in [0.4, 0.5) is 9.18 Å². The molecule has 0 saturated heterocycles. The van der Waals surface area contributed by atoms with Crippen LogP contribution in [0.1, 0.15) is 38.1 Å². The summed E-state index contributed by atoms with van der Waals surface area (Å²) in [4.78, 5) is 23.3. The lowest BCUT2D eigenvalue weighted by Crippen LogP contribution is -2.27. The van der Waals surface area contributed by atoms with E-state index in [1.807, 2.05) is 0 Å². The van der Waals surface area contributed by atoms with Crippen LogP contribution in [0, 0.1) is 5.82 Å². The molecule has 21 heavy (non-hydrogen) atoms. The Balaban J connectivity index is 3.03. The zero-order valence-corrected chi connectivity index (χ0v) is 13.0. The summed E-state index contributed by atoms with van der Waals surface area (Å²) in [5.74, 6) is -2.12. The SMILES string of the molecule is CCNC(=O)c1c(Cl)ccc(OC(=O)OC(C)(C)C)c1F. The Bertz CT molecular complexity index is 555. The third-order valence-electron chi connectivity index (χ3n) is 2.20. The minimum absolute atomic E-state index is 0.0741. The van der Waals surface area contributed by atoms with Gasteiger partial charge in [-0.1, -0.05) is 11.6 Å². The molecule has 0 fully saturated rings. The average molecular weight is 318 g/mol. The summed E-state index contributed by atoms with van der Waals surface area (Å²) in [5, 5.41) is 2.35. The van der Waals surface area contributed by atoms with E-state index in [2.05, 4.69) is 5.32 Å². The highest BCUT2D eigenvalue weighted by Crippen LogP contribution is 2.28. The van der Waals surface area contributed by atoms with E-state index in [0.717, 1.165) is 6.07 Å². The zero-order valence-electron chi connectivity index (χ0n) is 12.3. The number of amides is 1. The number of halogens is 2. The van der Waals surface area contributed by atoms with Gasteiger partial charge in [0.1, 0.15) is 5.60 Å². The number of rotatable bonds is 3. The fourth-order valence-electron chi connectivity index (χ4n) is 1.43. The molecule has 0 heterocycles. The molecule has 0 atom stereocenters. The van der Waals surface area contributed by atoms with Crippen molar-refractivity contribution < 1.29 is 23.5 Å². The summed E-state index contributed by atoms with van der Waals surface area (Å²) in [5.41, 5.74) is -1.15. The molecule has 7 heteroatoms. The molecule has 0 radical (unpaired) electrons. The Morgan fingerprint density at radius 1 is 1.33 bits per heavy atom. The lowest BCUT2D eigenvalue weighted by Gasteiger charge is -2.19. The Morgan fingerprint density at radius 3 is 2.48 bits per heavy atom. The van der Waals surface area contributed by atoms with Crippen LogP contribution in [0.3, 0.4) is 0 Å². The Morgan fingerprint density at radius 2 is 1.95 bits per heavy atom. The second-order valence-corrected chi connectivity index (χ2v) is 5.57. The molecule has 1 aromatic rings. The van der Waals surface area contributed by atoms with Crippen LogP contribution in [-0.2, 0) is 4.74 Å². The summed E-state index contributed by atoms with van der Waals surface area (Å²) in [6.45, 7) is 6.93. The summed E-state index contributed by atoms with van der Waals surface area (Å²) < 4.78 is 23.9. The van der Waals surface area contributed by atoms with Gasteiger partial charge in [0.05, 0.1) is 10.6 Å². The number of carbonyl (C=O) groups is 2. The molecule has 1 rings (SSSR count). The molecule has 0 aliphatic rings. The van der Waals surface area contributed by atoms with Crippen molar-refractivity contribution >= 4 is 23.7 Å². The van der Waals surface area contributed by atoms with E-state index >= 15 is 0 Å². The summed E-state index contributed by atoms with van der Waals surface area (Å²) >= 11 is 5.80. The number of carbonyl (C=O) groups excluding carboxylic acids is 2. The van der Waals surface area contributed by atoms with E-state index in [-0.39, 0.29) is 10.6 Å². The zero-order chi connectivity index (χ0) is 16.2. The second-order valence-electron chi connectivity index (χ2n) is 5.16. The molecule has 0 aliphatic carbocycles. The third-order valence-corrected chi connectivity index (χ3v) is 2.52. The molecule has 1 aromatic carbocycles. The van der Waals surface area contributed by atoms with Crippen LogP contribution in [0.15, 0.2) is 12.1 Å². The molecule has 0 spiro atoms. The van der Waals surface area contributed by atoms with E-state index in [1.165, 1.54) is 6.07 Å². The molecular formula is C14H17ClFNO4. The molecule has 116 valence electrons. The highest BCUT2D eigenvalue weighted by Gasteiger charge is 2.23. The van der Waals surface area contributed by atoms with Crippen LogP contribution in [0.2, 0.25) is 5.02 Å². The van der Waals surface area contributed by atoms with E-state index in [0.29, 0.717) is 6.54 Å². The first-order valence-corrected chi connectivity index (χ1v) is 6.70. The maximum absolute atomic E-state index is 14.2. The molecule has 0 saturated carbocycles.